The minimum Gasteiger partial charge on any atom is -0.0942 e. The van der Waals surface area contributed by atoms with Gasteiger partial charge in [-0.2, -0.15) is 0 Å². The molecule has 0 radical (unpaired) electrons. The lowest BCUT2D eigenvalue weighted by Gasteiger charge is -2.23. The lowest BCUT2D eigenvalue weighted by atomic mass is 9.92. The molecule has 0 aromatic heterocycles. The van der Waals surface area contributed by atoms with Gasteiger partial charge in [0.15, 0.2) is 0 Å². The van der Waals surface area contributed by atoms with Crippen LogP contribution in [0.15, 0.2) is 0 Å². The Morgan fingerprint density at radius 2 is 1.47 bits per heavy atom. The van der Waals surface area contributed by atoms with Gasteiger partial charge in [0.2, 0.25) is 0 Å². The largest absolute Gasteiger partial charge is 0.0942 e. The standard InChI is InChI=1S/C15H32S2/c1-5-8-10-11-13-15(12-9-6-2)14(4)17-16-7-3/h14-15H,5-13H2,1-4H3/t14-,15?/m1/s1. The van der Waals surface area contributed by atoms with Crippen LogP contribution in [0.3, 0.4) is 0 Å². The first-order valence-electron chi connectivity index (χ1n) is 7.54. The molecule has 2 heteroatoms. The highest BCUT2D eigenvalue weighted by atomic mass is 33.1. The number of hydrogen-bond acceptors (Lipinski definition) is 2. The Balaban J connectivity index is 3.84. The highest BCUT2D eigenvalue weighted by Gasteiger charge is 2.16. The maximum absolute atomic E-state index is 2.44. The fourth-order valence-electron chi connectivity index (χ4n) is 2.17. The van der Waals surface area contributed by atoms with Crippen molar-refractivity contribution < 1.29 is 0 Å². The highest BCUT2D eigenvalue weighted by Crippen LogP contribution is 2.35. The van der Waals surface area contributed by atoms with E-state index >= 15 is 0 Å². The molecular formula is C15H32S2. The summed E-state index contributed by atoms with van der Waals surface area (Å²) >= 11 is 0. The van der Waals surface area contributed by atoms with Crippen molar-refractivity contribution in [3.63, 3.8) is 0 Å². The Bertz CT molecular complexity index is 148. The SMILES string of the molecule is CCCCCCC(CCCC)[C@@H](C)SSCC. The van der Waals surface area contributed by atoms with E-state index in [0.717, 1.165) is 11.2 Å². The van der Waals surface area contributed by atoms with Crippen molar-refractivity contribution in [1.29, 1.82) is 0 Å². The quantitative estimate of drug-likeness (QED) is 0.293. The molecule has 2 atom stereocenters. The molecule has 0 spiro atoms. The first-order valence-corrected chi connectivity index (χ1v) is 9.92. The van der Waals surface area contributed by atoms with Crippen molar-refractivity contribution in [2.75, 3.05) is 5.75 Å². The van der Waals surface area contributed by atoms with Gasteiger partial charge in [0.25, 0.3) is 0 Å². The van der Waals surface area contributed by atoms with Crippen LogP contribution >= 0.6 is 21.6 Å². The van der Waals surface area contributed by atoms with Gasteiger partial charge < -0.3 is 0 Å². The Kier molecular flexibility index (Phi) is 13.7. The van der Waals surface area contributed by atoms with E-state index in [1.54, 1.807) is 0 Å². The zero-order chi connectivity index (χ0) is 12.9. The Morgan fingerprint density at radius 1 is 0.824 bits per heavy atom. The Labute approximate surface area is 117 Å². The monoisotopic (exact) mass is 276 g/mol. The van der Waals surface area contributed by atoms with Gasteiger partial charge in [-0.15, -0.1) is 0 Å². The van der Waals surface area contributed by atoms with Crippen molar-refractivity contribution in [1.82, 2.24) is 0 Å². The summed E-state index contributed by atoms with van der Waals surface area (Å²) in [7, 11) is 4.15. The van der Waals surface area contributed by atoms with E-state index in [-0.39, 0.29) is 0 Å². The minimum atomic E-state index is 0.841. The van der Waals surface area contributed by atoms with Gasteiger partial charge in [-0.1, -0.05) is 87.8 Å². The van der Waals surface area contributed by atoms with Crippen LogP contribution in [0.4, 0.5) is 0 Å². The molecule has 17 heavy (non-hydrogen) atoms. The van der Waals surface area contributed by atoms with Crippen LogP contribution in [0, 0.1) is 5.92 Å². The topological polar surface area (TPSA) is 0 Å². The van der Waals surface area contributed by atoms with E-state index in [1.807, 2.05) is 10.8 Å². The van der Waals surface area contributed by atoms with Gasteiger partial charge in [0.05, 0.1) is 0 Å². The second-order valence-electron chi connectivity index (χ2n) is 4.96. The van der Waals surface area contributed by atoms with E-state index in [1.165, 1.54) is 57.1 Å². The maximum atomic E-state index is 2.44. The van der Waals surface area contributed by atoms with Gasteiger partial charge >= 0.3 is 0 Å². The summed E-state index contributed by atoms with van der Waals surface area (Å²) in [6.07, 6.45) is 11.3. The summed E-state index contributed by atoms with van der Waals surface area (Å²) in [5.74, 6) is 2.20. The molecule has 0 aliphatic rings. The first-order chi connectivity index (χ1) is 8.26. The molecule has 0 aromatic rings. The van der Waals surface area contributed by atoms with Gasteiger partial charge in [-0.25, -0.2) is 0 Å². The van der Waals surface area contributed by atoms with Crippen LogP contribution in [0.25, 0.3) is 0 Å². The molecular weight excluding hydrogens is 244 g/mol. The zero-order valence-corrected chi connectivity index (χ0v) is 14.0. The van der Waals surface area contributed by atoms with E-state index in [2.05, 4.69) is 38.5 Å². The summed E-state index contributed by atoms with van der Waals surface area (Å²) in [6, 6.07) is 0. The van der Waals surface area contributed by atoms with Crippen LogP contribution in [0.1, 0.15) is 79.1 Å². The van der Waals surface area contributed by atoms with Crippen molar-refractivity contribution >= 4 is 21.6 Å². The molecule has 0 saturated heterocycles. The summed E-state index contributed by atoms with van der Waals surface area (Å²) in [5.41, 5.74) is 0. The van der Waals surface area contributed by atoms with E-state index in [9.17, 15) is 0 Å². The number of unbranched alkanes of at least 4 members (excludes halogenated alkanes) is 4. The molecule has 0 aromatic carbocycles. The summed E-state index contributed by atoms with van der Waals surface area (Å²) in [6.45, 7) is 9.30. The normalized spacial score (nSPS) is 14.8. The first kappa shape index (κ1) is 17.7. The molecule has 1 unspecified atom stereocenters. The van der Waals surface area contributed by atoms with Crippen molar-refractivity contribution in [3.05, 3.63) is 0 Å². The fourth-order valence-corrected chi connectivity index (χ4v) is 4.47. The highest BCUT2D eigenvalue weighted by molar-refractivity contribution is 8.76. The van der Waals surface area contributed by atoms with Crippen LogP contribution in [-0.4, -0.2) is 11.0 Å². The maximum Gasteiger partial charge on any atom is 0.0151 e. The summed E-state index contributed by atoms with van der Waals surface area (Å²) in [4.78, 5) is 0. The summed E-state index contributed by atoms with van der Waals surface area (Å²) < 4.78 is 0. The Hall–Kier alpha value is 0.700. The lowest BCUT2D eigenvalue weighted by Crippen LogP contribution is -2.13. The summed E-state index contributed by atoms with van der Waals surface area (Å²) in [5, 5.41) is 0.841. The van der Waals surface area contributed by atoms with Crippen molar-refractivity contribution in [2.45, 2.75) is 84.3 Å². The van der Waals surface area contributed by atoms with Gasteiger partial charge in [0, 0.05) is 11.0 Å². The average molecular weight is 277 g/mol. The van der Waals surface area contributed by atoms with Gasteiger partial charge in [0.1, 0.15) is 0 Å². The second-order valence-corrected chi connectivity index (χ2v) is 7.99. The van der Waals surface area contributed by atoms with Crippen LogP contribution in [-0.2, 0) is 0 Å². The average Bonchev–Trinajstić information content (AvgIpc) is 2.35. The molecule has 0 bridgehead atoms. The molecule has 0 nitrogen and oxygen atoms in total. The molecule has 0 saturated carbocycles. The predicted octanol–water partition coefficient (Wildman–Crippen LogP) is 6.55. The van der Waals surface area contributed by atoms with Crippen LogP contribution in [0.5, 0.6) is 0 Å². The van der Waals surface area contributed by atoms with E-state index in [4.69, 9.17) is 0 Å². The van der Waals surface area contributed by atoms with Crippen molar-refractivity contribution in [3.8, 4) is 0 Å². The van der Waals surface area contributed by atoms with Gasteiger partial charge in [-0.05, 0) is 18.8 Å². The zero-order valence-electron chi connectivity index (χ0n) is 12.3. The fraction of sp³-hybridized carbons (Fsp3) is 1.00. The number of rotatable bonds is 12. The molecule has 0 heterocycles. The lowest BCUT2D eigenvalue weighted by molar-refractivity contribution is 0.411. The molecule has 104 valence electrons. The van der Waals surface area contributed by atoms with Crippen LogP contribution in [0.2, 0.25) is 0 Å². The predicted molar refractivity (Wildman–Crippen MR) is 87.0 cm³/mol. The van der Waals surface area contributed by atoms with Crippen LogP contribution < -0.4 is 0 Å². The van der Waals surface area contributed by atoms with E-state index in [0.29, 0.717) is 0 Å². The van der Waals surface area contributed by atoms with Crippen molar-refractivity contribution in [2.24, 2.45) is 5.92 Å². The molecule has 0 N–H and O–H groups in total. The molecule has 0 rings (SSSR count). The van der Waals surface area contributed by atoms with Gasteiger partial charge in [-0.3, -0.25) is 0 Å². The van der Waals surface area contributed by atoms with E-state index < -0.39 is 0 Å². The second kappa shape index (κ2) is 13.1. The smallest absolute Gasteiger partial charge is 0.0151 e. The molecule has 0 aliphatic carbocycles. The third-order valence-corrected chi connectivity index (χ3v) is 6.44. The molecule has 0 aliphatic heterocycles. The third-order valence-electron chi connectivity index (χ3n) is 3.36. The minimum absolute atomic E-state index is 0.841. The molecule has 0 fully saturated rings. The molecule has 0 amide bonds. The number of hydrogen-bond donors (Lipinski definition) is 0. The third kappa shape index (κ3) is 10.3. The Morgan fingerprint density at radius 3 is 2.06 bits per heavy atom.